The monoisotopic (exact) mass is 462 g/mol. The number of anilines is 1. The zero-order valence-corrected chi connectivity index (χ0v) is 19.5. The molecular weight excluding hydrogens is 440 g/mol. The van der Waals surface area contributed by atoms with Crippen molar-refractivity contribution in [3.8, 4) is 17.2 Å². The van der Waals surface area contributed by atoms with Gasteiger partial charge >= 0.3 is 0 Å². The molecule has 0 N–H and O–H groups in total. The molecule has 0 radical (unpaired) electrons. The molecule has 1 amide bonds. The van der Waals surface area contributed by atoms with Crippen molar-refractivity contribution in [2.45, 2.75) is 6.92 Å². The summed E-state index contributed by atoms with van der Waals surface area (Å²) in [5, 5.41) is 0.606. The third kappa shape index (κ3) is 4.30. The second kappa shape index (κ2) is 9.38. The van der Waals surface area contributed by atoms with E-state index >= 15 is 0 Å². The van der Waals surface area contributed by atoms with Crippen molar-refractivity contribution in [1.82, 2.24) is 0 Å². The number of halogens is 1. The first-order chi connectivity index (χ1) is 16.0. The van der Waals surface area contributed by atoms with Crippen LogP contribution in [0, 0.1) is 6.92 Å². The summed E-state index contributed by atoms with van der Waals surface area (Å²) in [5.74, 6) is 1.77. The van der Waals surface area contributed by atoms with Crippen LogP contribution in [0.15, 0.2) is 71.4 Å². The Labute approximate surface area is 197 Å². The quantitative estimate of drug-likeness (QED) is 0.453. The van der Waals surface area contributed by atoms with E-state index in [0.29, 0.717) is 33.7 Å². The molecule has 0 bridgehead atoms. The van der Waals surface area contributed by atoms with Crippen LogP contribution in [0.2, 0.25) is 5.02 Å². The van der Waals surface area contributed by atoms with Crippen molar-refractivity contribution < 1.29 is 19.0 Å². The molecule has 0 saturated carbocycles. The van der Waals surface area contributed by atoms with Crippen LogP contribution in [-0.4, -0.2) is 33.1 Å². The number of carbonyl (C=O) groups excluding carboxylic acids is 1. The fourth-order valence-corrected chi connectivity index (χ4v) is 3.96. The van der Waals surface area contributed by atoms with Gasteiger partial charge in [0.15, 0.2) is 11.5 Å². The maximum atomic E-state index is 13.6. The molecule has 0 aliphatic carbocycles. The van der Waals surface area contributed by atoms with Crippen LogP contribution in [0.5, 0.6) is 17.2 Å². The number of amides is 1. The Morgan fingerprint density at radius 2 is 1.58 bits per heavy atom. The predicted molar refractivity (Wildman–Crippen MR) is 131 cm³/mol. The maximum absolute atomic E-state index is 13.6. The van der Waals surface area contributed by atoms with Gasteiger partial charge in [0.05, 0.1) is 27.0 Å². The second-order valence-corrected chi connectivity index (χ2v) is 7.80. The third-order valence-electron chi connectivity index (χ3n) is 5.28. The highest BCUT2D eigenvalue weighted by Gasteiger charge is 2.33. The first-order valence-corrected chi connectivity index (χ1v) is 10.6. The lowest BCUT2D eigenvalue weighted by molar-refractivity contribution is -0.113. The number of nitrogens with zero attached hydrogens (tertiary/aromatic N) is 2. The number of benzene rings is 3. The van der Waals surface area contributed by atoms with Gasteiger partial charge in [0.1, 0.15) is 11.5 Å². The average Bonchev–Trinajstić information content (AvgIpc) is 3.14. The highest BCUT2D eigenvalue weighted by molar-refractivity contribution is 6.34. The largest absolute Gasteiger partial charge is 0.493 e. The Bertz CT molecular complexity index is 1240. The smallest absolute Gasteiger partial charge is 0.282 e. The molecule has 1 heterocycles. The van der Waals surface area contributed by atoms with Crippen molar-refractivity contribution in [3.05, 3.63) is 88.1 Å². The fraction of sp³-hybridized carbons (Fsp3) is 0.154. The summed E-state index contributed by atoms with van der Waals surface area (Å²) in [5.41, 5.74) is 3.40. The minimum absolute atomic E-state index is 0.243. The number of hydrogen-bond donors (Lipinski definition) is 0. The van der Waals surface area contributed by atoms with Crippen molar-refractivity contribution in [3.63, 3.8) is 0 Å². The molecule has 0 spiro atoms. The lowest BCUT2D eigenvalue weighted by Gasteiger charge is -2.20. The van der Waals surface area contributed by atoms with Crippen molar-refractivity contribution in [2.75, 3.05) is 26.2 Å². The topological polar surface area (TPSA) is 60.4 Å². The lowest BCUT2D eigenvalue weighted by Crippen LogP contribution is -2.33. The van der Waals surface area contributed by atoms with E-state index in [1.165, 1.54) is 0 Å². The van der Waals surface area contributed by atoms with Crippen LogP contribution in [0.25, 0.3) is 6.08 Å². The van der Waals surface area contributed by atoms with E-state index in [0.717, 1.165) is 16.8 Å². The van der Waals surface area contributed by atoms with Crippen LogP contribution in [-0.2, 0) is 4.79 Å². The Kier molecular flexibility index (Phi) is 6.38. The van der Waals surface area contributed by atoms with Crippen LogP contribution in [0.1, 0.15) is 16.7 Å². The van der Waals surface area contributed by atoms with E-state index in [-0.39, 0.29) is 11.6 Å². The van der Waals surface area contributed by atoms with Gasteiger partial charge < -0.3 is 14.2 Å². The Morgan fingerprint density at radius 3 is 2.15 bits per heavy atom. The molecule has 0 fully saturated rings. The molecule has 168 valence electrons. The molecule has 6 nitrogen and oxygen atoms in total. The normalized spacial score (nSPS) is 14.5. The zero-order valence-electron chi connectivity index (χ0n) is 18.8. The van der Waals surface area contributed by atoms with Gasteiger partial charge in [-0.3, -0.25) is 9.69 Å². The Balaban J connectivity index is 1.85. The van der Waals surface area contributed by atoms with Crippen molar-refractivity contribution >= 4 is 35.1 Å². The molecule has 7 heteroatoms. The van der Waals surface area contributed by atoms with Crippen LogP contribution in [0.3, 0.4) is 0 Å². The van der Waals surface area contributed by atoms with Gasteiger partial charge in [-0.05, 0) is 54.5 Å². The zero-order chi connectivity index (χ0) is 23.5. The van der Waals surface area contributed by atoms with E-state index in [2.05, 4.69) is 0 Å². The number of aliphatic imine (C=N–C) groups is 1. The second-order valence-electron chi connectivity index (χ2n) is 7.36. The van der Waals surface area contributed by atoms with E-state index in [4.69, 9.17) is 30.8 Å². The lowest BCUT2D eigenvalue weighted by atomic mass is 10.1. The van der Waals surface area contributed by atoms with Gasteiger partial charge in [-0.25, -0.2) is 4.99 Å². The van der Waals surface area contributed by atoms with Crippen LogP contribution < -0.4 is 19.1 Å². The van der Waals surface area contributed by atoms with E-state index in [1.54, 1.807) is 50.5 Å². The molecule has 1 aliphatic heterocycles. The number of aryl methyl sites for hydroxylation is 1. The van der Waals surface area contributed by atoms with Gasteiger partial charge in [0, 0.05) is 10.6 Å². The van der Waals surface area contributed by atoms with Gasteiger partial charge in [-0.2, -0.15) is 0 Å². The number of hydrogen-bond acceptors (Lipinski definition) is 5. The summed E-state index contributed by atoms with van der Waals surface area (Å²) >= 11 is 6.15. The fourth-order valence-electron chi connectivity index (χ4n) is 3.73. The van der Waals surface area contributed by atoms with Crippen LogP contribution >= 0.6 is 11.6 Å². The summed E-state index contributed by atoms with van der Waals surface area (Å²) < 4.78 is 16.3. The number of amidine groups is 1. The minimum atomic E-state index is -0.243. The molecule has 0 unspecified atom stereocenters. The Morgan fingerprint density at radius 1 is 0.909 bits per heavy atom. The highest BCUT2D eigenvalue weighted by Crippen LogP contribution is 2.39. The van der Waals surface area contributed by atoms with Crippen molar-refractivity contribution in [2.24, 2.45) is 4.99 Å². The SMILES string of the molecule is COc1cc(/C=C2\N=C(c3ccccc3)N(c3ccc(Cl)cc3C)C2=O)cc(OC)c1OC. The van der Waals surface area contributed by atoms with Gasteiger partial charge in [0.25, 0.3) is 5.91 Å². The first-order valence-electron chi connectivity index (χ1n) is 10.2. The summed E-state index contributed by atoms with van der Waals surface area (Å²) in [7, 11) is 4.64. The summed E-state index contributed by atoms with van der Waals surface area (Å²) in [6, 6.07) is 18.6. The summed E-state index contributed by atoms with van der Waals surface area (Å²) in [6.45, 7) is 1.91. The average molecular weight is 463 g/mol. The van der Waals surface area contributed by atoms with Crippen molar-refractivity contribution in [1.29, 1.82) is 0 Å². The van der Waals surface area contributed by atoms with E-state index in [1.807, 2.05) is 49.4 Å². The molecular formula is C26H23ClN2O4. The number of carbonyl (C=O) groups is 1. The standard InChI is InChI=1S/C26H23ClN2O4/c1-16-12-19(27)10-11-21(16)29-25(18-8-6-5-7-9-18)28-20(26(29)30)13-17-14-22(31-2)24(33-4)23(15-17)32-3/h5-15H,1-4H3/b20-13-. The summed E-state index contributed by atoms with van der Waals surface area (Å²) in [4.78, 5) is 19.9. The van der Waals surface area contributed by atoms with E-state index in [9.17, 15) is 4.79 Å². The van der Waals surface area contributed by atoms with Gasteiger partial charge in [-0.1, -0.05) is 41.9 Å². The number of methoxy groups -OCH3 is 3. The maximum Gasteiger partial charge on any atom is 0.282 e. The van der Waals surface area contributed by atoms with Crippen LogP contribution in [0.4, 0.5) is 5.69 Å². The molecule has 3 aromatic rings. The molecule has 0 atom stereocenters. The molecule has 0 aromatic heterocycles. The molecule has 3 aromatic carbocycles. The minimum Gasteiger partial charge on any atom is -0.493 e. The molecule has 1 aliphatic rings. The first kappa shape index (κ1) is 22.4. The molecule has 4 rings (SSSR count). The predicted octanol–water partition coefficient (Wildman–Crippen LogP) is 5.51. The van der Waals surface area contributed by atoms with E-state index < -0.39 is 0 Å². The number of ether oxygens (including phenoxy) is 3. The molecule has 0 saturated heterocycles. The third-order valence-corrected chi connectivity index (χ3v) is 5.52. The van der Waals surface area contributed by atoms with Gasteiger partial charge in [0.2, 0.25) is 5.75 Å². The summed E-state index contributed by atoms with van der Waals surface area (Å²) in [6.07, 6.45) is 1.71. The Hall–Kier alpha value is -3.77. The van der Waals surface area contributed by atoms with Gasteiger partial charge in [-0.15, -0.1) is 0 Å². The number of rotatable bonds is 6. The molecule has 33 heavy (non-hydrogen) atoms. The highest BCUT2D eigenvalue weighted by atomic mass is 35.5.